The van der Waals surface area contributed by atoms with Crippen molar-refractivity contribution >= 4 is 16.9 Å². The lowest BCUT2D eigenvalue weighted by molar-refractivity contribution is 0.0826. The molecule has 28 heavy (non-hydrogen) atoms. The van der Waals surface area contributed by atoms with E-state index in [0.29, 0.717) is 29.2 Å². The van der Waals surface area contributed by atoms with Gasteiger partial charge in [0, 0.05) is 36.5 Å². The van der Waals surface area contributed by atoms with Crippen LogP contribution < -0.4 is 5.32 Å². The number of benzene rings is 1. The Balaban J connectivity index is 1.66. The molecule has 7 heteroatoms. The molecule has 5 rings (SSSR count). The van der Waals surface area contributed by atoms with Gasteiger partial charge in [0.1, 0.15) is 5.75 Å². The summed E-state index contributed by atoms with van der Waals surface area (Å²) in [6.45, 7) is 3.65. The molecule has 4 heterocycles. The Morgan fingerprint density at radius 1 is 1.32 bits per heavy atom. The van der Waals surface area contributed by atoms with Crippen LogP contribution in [0, 0.1) is 5.92 Å². The highest BCUT2D eigenvalue weighted by Crippen LogP contribution is 2.34. The number of aromatic amines is 1. The van der Waals surface area contributed by atoms with Crippen molar-refractivity contribution in [3.05, 3.63) is 53.5 Å². The van der Waals surface area contributed by atoms with E-state index in [1.807, 2.05) is 24.1 Å². The molecule has 3 aromatic rings. The number of phenols is 1. The van der Waals surface area contributed by atoms with Crippen LogP contribution in [0.15, 0.2) is 42.2 Å². The average molecular weight is 375 g/mol. The number of pyridine rings is 1. The lowest BCUT2D eigenvalue weighted by atomic mass is 10.0. The zero-order chi connectivity index (χ0) is 19.3. The standard InChI is InChI=1S/C21H21N5O2/c1-2-16-19-15(21(28)26-8-7-13-10-22-11-18(13)26)9-17(23-20(19)25-24-16)12-3-5-14(27)6-4-12/h3-6,9,11,13,22,27H,2,7-8,10H2,1H3,(H,23,24,25). The molecule has 0 aliphatic carbocycles. The van der Waals surface area contributed by atoms with Crippen LogP contribution >= 0.6 is 0 Å². The number of phenolic OH excluding ortho intramolecular Hbond substituents is 1. The number of amides is 1. The summed E-state index contributed by atoms with van der Waals surface area (Å²) < 4.78 is 0. The number of H-pyrrole nitrogens is 1. The van der Waals surface area contributed by atoms with Gasteiger partial charge in [-0.3, -0.25) is 9.89 Å². The summed E-state index contributed by atoms with van der Waals surface area (Å²) >= 11 is 0. The summed E-state index contributed by atoms with van der Waals surface area (Å²) in [4.78, 5) is 20.1. The van der Waals surface area contributed by atoms with Gasteiger partial charge in [-0.15, -0.1) is 0 Å². The second-order valence-electron chi connectivity index (χ2n) is 7.27. The fourth-order valence-corrected chi connectivity index (χ4v) is 4.15. The van der Waals surface area contributed by atoms with Gasteiger partial charge in [0.05, 0.1) is 22.3 Å². The molecule has 1 fully saturated rings. The van der Waals surface area contributed by atoms with E-state index >= 15 is 0 Å². The van der Waals surface area contributed by atoms with Crippen molar-refractivity contribution in [1.82, 2.24) is 25.4 Å². The van der Waals surface area contributed by atoms with Crippen LogP contribution in [0.5, 0.6) is 5.75 Å². The van der Waals surface area contributed by atoms with E-state index in [1.54, 1.807) is 24.3 Å². The number of fused-ring (bicyclic) bond motifs is 2. The third kappa shape index (κ3) is 2.54. The van der Waals surface area contributed by atoms with E-state index in [9.17, 15) is 9.90 Å². The van der Waals surface area contributed by atoms with Crippen molar-refractivity contribution < 1.29 is 9.90 Å². The van der Waals surface area contributed by atoms with Gasteiger partial charge in [0.15, 0.2) is 5.65 Å². The van der Waals surface area contributed by atoms with Gasteiger partial charge in [0.25, 0.3) is 5.91 Å². The molecule has 2 aliphatic heterocycles. The Labute approximate surface area is 162 Å². The molecule has 142 valence electrons. The third-order valence-electron chi connectivity index (χ3n) is 5.62. The number of hydrogen-bond acceptors (Lipinski definition) is 5. The van der Waals surface area contributed by atoms with Crippen LogP contribution in [0.25, 0.3) is 22.3 Å². The maximum atomic E-state index is 13.6. The Morgan fingerprint density at radius 3 is 2.93 bits per heavy atom. The topological polar surface area (TPSA) is 94.1 Å². The minimum Gasteiger partial charge on any atom is -0.508 e. The molecule has 1 amide bonds. The summed E-state index contributed by atoms with van der Waals surface area (Å²) in [5, 5.41) is 21.0. The van der Waals surface area contributed by atoms with E-state index in [1.165, 1.54) is 0 Å². The number of nitrogens with one attached hydrogen (secondary N) is 2. The van der Waals surface area contributed by atoms with Crippen molar-refractivity contribution in [3.63, 3.8) is 0 Å². The number of carbonyl (C=O) groups excluding carboxylic acids is 1. The van der Waals surface area contributed by atoms with Gasteiger partial charge in [-0.1, -0.05) is 6.92 Å². The van der Waals surface area contributed by atoms with Gasteiger partial charge in [-0.2, -0.15) is 5.10 Å². The smallest absolute Gasteiger partial charge is 0.258 e. The van der Waals surface area contributed by atoms with Gasteiger partial charge in [-0.25, -0.2) is 4.98 Å². The largest absolute Gasteiger partial charge is 0.508 e. The Kier molecular flexibility index (Phi) is 3.82. The van der Waals surface area contributed by atoms with E-state index in [-0.39, 0.29) is 11.7 Å². The first kappa shape index (κ1) is 16.8. The molecule has 0 radical (unpaired) electrons. The maximum Gasteiger partial charge on any atom is 0.258 e. The summed E-state index contributed by atoms with van der Waals surface area (Å²) in [6.07, 6.45) is 3.66. The van der Waals surface area contributed by atoms with Crippen molar-refractivity contribution in [2.75, 3.05) is 13.1 Å². The van der Waals surface area contributed by atoms with Crippen LogP contribution in [0.4, 0.5) is 0 Å². The molecule has 2 aliphatic rings. The quantitative estimate of drug-likeness (QED) is 0.654. The molecule has 0 bridgehead atoms. The van der Waals surface area contributed by atoms with Gasteiger partial charge < -0.3 is 15.3 Å². The minimum atomic E-state index is -0.0130. The second kappa shape index (κ2) is 6.37. The van der Waals surface area contributed by atoms with Crippen LogP contribution in [-0.4, -0.2) is 44.2 Å². The van der Waals surface area contributed by atoms with Crippen LogP contribution in [0.1, 0.15) is 29.4 Å². The maximum absolute atomic E-state index is 13.6. The number of aromatic hydroxyl groups is 1. The Morgan fingerprint density at radius 2 is 2.14 bits per heavy atom. The number of rotatable bonds is 3. The van der Waals surface area contributed by atoms with Crippen LogP contribution in [0.3, 0.4) is 0 Å². The molecule has 7 nitrogen and oxygen atoms in total. The molecular formula is C21H21N5O2. The Bertz CT molecular complexity index is 1100. The molecule has 2 aromatic heterocycles. The van der Waals surface area contributed by atoms with Crippen LogP contribution in [-0.2, 0) is 6.42 Å². The van der Waals surface area contributed by atoms with Crippen molar-refractivity contribution in [1.29, 1.82) is 0 Å². The molecule has 0 saturated carbocycles. The third-order valence-corrected chi connectivity index (χ3v) is 5.62. The molecule has 1 aromatic carbocycles. The fraction of sp³-hybridized carbons (Fsp3) is 0.286. The lowest BCUT2D eigenvalue weighted by Crippen LogP contribution is -2.27. The van der Waals surface area contributed by atoms with Crippen molar-refractivity contribution in [2.24, 2.45) is 5.92 Å². The number of aromatic nitrogens is 3. The van der Waals surface area contributed by atoms with E-state index < -0.39 is 0 Å². The number of hydrogen-bond donors (Lipinski definition) is 3. The molecule has 1 atom stereocenters. The van der Waals surface area contributed by atoms with E-state index in [4.69, 9.17) is 0 Å². The average Bonchev–Trinajstić information content (AvgIpc) is 3.42. The zero-order valence-electron chi connectivity index (χ0n) is 15.6. The summed E-state index contributed by atoms with van der Waals surface area (Å²) in [7, 11) is 0. The highest BCUT2D eigenvalue weighted by Gasteiger charge is 2.35. The van der Waals surface area contributed by atoms with Gasteiger partial charge >= 0.3 is 0 Å². The molecule has 3 N–H and O–H groups in total. The van der Waals surface area contributed by atoms with Gasteiger partial charge in [0.2, 0.25) is 0 Å². The highest BCUT2D eigenvalue weighted by atomic mass is 16.3. The number of aryl methyl sites for hydroxylation is 1. The summed E-state index contributed by atoms with van der Waals surface area (Å²) in [6, 6.07) is 8.68. The molecule has 0 spiro atoms. The predicted molar refractivity (Wildman–Crippen MR) is 106 cm³/mol. The Hall–Kier alpha value is -3.35. The minimum absolute atomic E-state index is 0.0130. The fourth-order valence-electron chi connectivity index (χ4n) is 4.15. The lowest BCUT2D eigenvalue weighted by Gasteiger charge is -2.19. The molecular weight excluding hydrogens is 354 g/mol. The SMILES string of the molecule is CCc1n[nH]c2nc(-c3ccc(O)cc3)cc(C(=O)N3CCC4CNC=C43)c12. The number of likely N-dealkylation sites (tertiary alicyclic amines) is 1. The summed E-state index contributed by atoms with van der Waals surface area (Å²) in [5.74, 6) is 0.591. The van der Waals surface area contributed by atoms with Crippen molar-refractivity contribution in [2.45, 2.75) is 19.8 Å². The summed E-state index contributed by atoms with van der Waals surface area (Å²) in [5.41, 5.74) is 4.66. The van der Waals surface area contributed by atoms with E-state index in [2.05, 4.69) is 20.5 Å². The van der Waals surface area contributed by atoms with Crippen LogP contribution in [0.2, 0.25) is 0 Å². The molecule has 1 unspecified atom stereocenters. The van der Waals surface area contributed by atoms with E-state index in [0.717, 1.165) is 41.9 Å². The zero-order valence-corrected chi connectivity index (χ0v) is 15.6. The second-order valence-corrected chi connectivity index (χ2v) is 7.27. The monoisotopic (exact) mass is 375 g/mol. The predicted octanol–water partition coefficient (Wildman–Crippen LogP) is 2.80. The normalized spacial score (nSPS) is 18.2. The first-order chi connectivity index (χ1) is 13.7. The van der Waals surface area contributed by atoms with Gasteiger partial charge in [-0.05, 0) is 43.2 Å². The number of nitrogens with zero attached hydrogens (tertiary/aromatic N) is 3. The number of carbonyl (C=O) groups is 1. The molecule has 1 saturated heterocycles. The highest BCUT2D eigenvalue weighted by molar-refractivity contribution is 6.08. The first-order valence-electron chi connectivity index (χ1n) is 9.58. The van der Waals surface area contributed by atoms with Crippen molar-refractivity contribution in [3.8, 4) is 17.0 Å². The first-order valence-corrected chi connectivity index (χ1v) is 9.58.